The fourth-order valence-corrected chi connectivity index (χ4v) is 3.49. The van der Waals surface area contributed by atoms with Gasteiger partial charge < -0.3 is 9.84 Å². The minimum atomic E-state index is -3.61. The standard InChI is InChI=1S/C19H19N3O4S/c1-14-7-9-16(10-8-14)27(24,25)21-12-11-20-19(23)17-13-26-22-18(17)15-5-3-2-4-6-15/h2-10,13,21H,11-12H2,1H3,(H,20,23). The Morgan fingerprint density at radius 2 is 1.74 bits per heavy atom. The van der Waals surface area contributed by atoms with Gasteiger partial charge in [0, 0.05) is 18.7 Å². The summed E-state index contributed by atoms with van der Waals surface area (Å²) in [6.45, 7) is 2.07. The highest BCUT2D eigenvalue weighted by Gasteiger charge is 2.17. The van der Waals surface area contributed by atoms with E-state index in [-0.39, 0.29) is 23.9 Å². The number of benzene rings is 2. The summed E-state index contributed by atoms with van der Waals surface area (Å²) in [7, 11) is -3.61. The SMILES string of the molecule is Cc1ccc(S(=O)(=O)NCCNC(=O)c2conc2-c2ccccc2)cc1. The molecule has 2 aromatic carbocycles. The number of sulfonamides is 1. The van der Waals surface area contributed by atoms with Crippen LogP contribution < -0.4 is 10.0 Å². The molecule has 1 amide bonds. The van der Waals surface area contributed by atoms with Crippen molar-refractivity contribution in [3.63, 3.8) is 0 Å². The summed E-state index contributed by atoms with van der Waals surface area (Å²) in [4.78, 5) is 12.5. The average molecular weight is 385 g/mol. The number of hydrogen-bond acceptors (Lipinski definition) is 5. The molecule has 0 aliphatic rings. The van der Waals surface area contributed by atoms with Gasteiger partial charge >= 0.3 is 0 Å². The molecule has 0 unspecified atom stereocenters. The summed E-state index contributed by atoms with van der Waals surface area (Å²) in [5.41, 5.74) is 2.47. The lowest BCUT2D eigenvalue weighted by atomic mass is 10.1. The zero-order valence-corrected chi connectivity index (χ0v) is 15.5. The monoisotopic (exact) mass is 385 g/mol. The average Bonchev–Trinajstić information content (AvgIpc) is 3.16. The van der Waals surface area contributed by atoms with E-state index >= 15 is 0 Å². The summed E-state index contributed by atoms with van der Waals surface area (Å²) in [5.74, 6) is -0.385. The first kappa shape index (κ1) is 18.8. The van der Waals surface area contributed by atoms with Gasteiger partial charge in [-0.15, -0.1) is 0 Å². The molecule has 0 aliphatic carbocycles. The lowest BCUT2D eigenvalue weighted by molar-refractivity contribution is 0.0954. The van der Waals surface area contributed by atoms with Gasteiger partial charge in [-0.3, -0.25) is 4.79 Å². The molecule has 0 saturated heterocycles. The molecule has 0 fully saturated rings. The molecule has 27 heavy (non-hydrogen) atoms. The molecule has 1 aromatic heterocycles. The van der Waals surface area contributed by atoms with Crippen LogP contribution in [0.4, 0.5) is 0 Å². The molecule has 0 aliphatic heterocycles. The molecule has 8 heteroatoms. The molecule has 7 nitrogen and oxygen atoms in total. The zero-order valence-electron chi connectivity index (χ0n) is 14.7. The van der Waals surface area contributed by atoms with Gasteiger partial charge in [0.05, 0.1) is 4.90 Å². The third-order valence-electron chi connectivity index (χ3n) is 3.90. The van der Waals surface area contributed by atoms with Gasteiger partial charge in [-0.2, -0.15) is 0 Å². The minimum absolute atomic E-state index is 0.0634. The maximum absolute atomic E-state index is 12.3. The molecule has 2 N–H and O–H groups in total. The Hall–Kier alpha value is -2.97. The Bertz CT molecular complexity index is 1010. The number of nitrogens with one attached hydrogen (secondary N) is 2. The van der Waals surface area contributed by atoms with Crippen LogP contribution in [0.2, 0.25) is 0 Å². The topological polar surface area (TPSA) is 101 Å². The van der Waals surface area contributed by atoms with Crippen molar-refractivity contribution >= 4 is 15.9 Å². The molecule has 0 spiro atoms. The van der Waals surface area contributed by atoms with Crippen LogP contribution in [0.1, 0.15) is 15.9 Å². The normalized spacial score (nSPS) is 11.3. The zero-order chi connectivity index (χ0) is 19.3. The summed E-state index contributed by atoms with van der Waals surface area (Å²) < 4.78 is 31.8. The van der Waals surface area contributed by atoms with Crippen molar-refractivity contribution in [1.82, 2.24) is 15.2 Å². The second-order valence-corrected chi connectivity index (χ2v) is 7.68. The molecule has 0 atom stereocenters. The van der Waals surface area contributed by atoms with E-state index in [9.17, 15) is 13.2 Å². The van der Waals surface area contributed by atoms with Crippen molar-refractivity contribution < 1.29 is 17.7 Å². The fourth-order valence-electron chi connectivity index (χ4n) is 2.46. The van der Waals surface area contributed by atoms with Crippen LogP contribution in [0.3, 0.4) is 0 Å². The predicted molar refractivity (Wildman–Crippen MR) is 101 cm³/mol. The van der Waals surface area contributed by atoms with Crippen LogP contribution in [0.25, 0.3) is 11.3 Å². The summed E-state index contributed by atoms with van der Waals surface area (Å²) in [5, 5.41) is 6.54. The number of carbonyl (C=O) groups is 1. The first-order valence-corrected chi connectivity index (χ1v) is 9.80. The number of amides is 1. The first-order valence-electron chi connectivity index (χ1n) is 8.32. The van der Waals surface area contributed by atoms with Gasteiger partial charge in [-0.1, -0.05) is 53.2 Å². The summed E-state index contributed by atoms with van der Waals surface area (Å²) in [6, 6.07) is 15.7. The van der Waals surface area contributed by atoms with Gasteiger partial charge in [-0.25, -0.2) is 13.1 Å². The van der Waals surface area contributed by atoms with Gasteiger partial charge in [0.25, 0.3) is 5.91 Å². The fraction of sp³-hybridized carbons (Fsp3) is 0.158. The minimum Gasteiger partial charge on any atom is -0.363 e. The van der Waals surface area contributed by atoms with E-state index in [1.165, 1.54) is 6.26 Å². The Kier molecular flexibility index (Phi) is 5.68. The van der Waals surface area contributed by atoms with E-state index in [1.807, 2.05) is 37.3 Å². The third-order valence-corrected chi connectivity index (χ3v) is 5.37. The van der Waals surface area contributed by atoms with Crippen molar-refractivity contribution in [1.29, 1.82) is 0 Å². The van der Waals surface area contributed by atoms with E-state index in [4.69, 9.17) is 4.52 Å². The van der Waals surface area contributed by atoms with Gasteiger partial charge in [-0.05, 0) is 19.1 Å². The second kappa shape index (κ2) is 8.15. The number of rotatable bonds is 7. The molecular weight excluding hydrogens is 366 g/mol. The first-order chi connectivity index (χ1) is 13.0. The number of hydrogen-bond donors (Lipinski definition) is 2. The lowest BCUT2D eigenvalue weighted by Gasteiger charge is -2.08. The van der Waals surface area contributed by atoms with Gasteiger partial charge in [0.1, 0.15) is 17.5 Å². The smallest absolute Gasteiger partial charge is 0.256 e. The maximum atomic E-state index is 12.3. The summed E-state index contributed by atoms with van der Waals surface area (Å²) in [6.07, 6.45) is 1.27. The van der Waals surface area contributed by atoms with Crippen LogP contribution in [-0.4, -0.2) is 32.6 Å². The molecule has 0 saturated carbocycles. The van der Waals surface area contributed by atoms with E-state index < -0.39 is 10.0 Å². The number of nitrogens with zero attached hydrogens (tertiary/aromatic N) is 1. The van der Waals surface area contributed by atoms with Crippen LogP contribution in [0.5, 0.6) is 0 Å². The van der Waals surface area contributed by atoms with Crippen molar-refractivity contribution in [3.05, 3.63) is 72.0 Å². The maximum Gasteiger partial charge on any atom is 0.256 e. The van der Waals surface area contributed by atoms with Crippen LogP contribution >= 0.6 is 0 Å². The highest BCUT2D eigenvalue weighted by atomic mass is 32.2. The van der Waals surface area contributed by atoms with Crippen molar-refractivity contribution in [2.75, 3.05) is 13.1 Å². The molecule has 3 rings (SSSR count). The predicted octanol–water partition coefficient (Wildman–Crippen LogP) is 2.36. The number of carbonyl (C=O) groups excluding carboxylic acids is 1. The molecule has 1 heterocycles. The molecule has 0 radical (unpaired) electrons. The van der Waals surface area contributed by atoms with E-state index in [0.717, 1.165) is 11.1 Å². The highest BCUT2D eigenvalue weighted by molar-refractivity contribution is 7.89. The third kappa shape index (κ3) is 4.60. The van der Waals surface area contributed by atoms with Crippen LogP contribution in [-0.2, 0) is 10.0 Å². The molecule has 140 valence electrons. The largest absolute Gasteiger partial charge is 0.363 e. The van der Waals surface area contributed by atoms with E-state index in [2.05, 4.69) is 15.2 Å². The Morgan fingerprint density at radius 1 is 1.04 bits per heavy atom. The molecular formula is C19H19N3O4S. The Morgan fingerprint density at radius 3 is 2.44 bits per heavy atom. The van der Waals surface area contributed by atoms with Crippen molar-refractivity contribution in [2.24, 2.45) is 0 Å². The molecule has 0 bridgehead atoms. The van der Waals surface area contributed by atoms with Crippen LogP contribution in [0.15, 0.2) is 70.3 Å². The number of aromatic nitrogens is 1. The quantitative estimate of drug-likeness (QED) is 0.608. The Balaban J connectivity index is 1.56. The van der Waals surface area contributed by atoms with Gasteiger partial charge in [0.15, 0.2) is 0 Å². The van der Waals surface area contributed by atoms with Gasteiger partial charge in [0.2, 0.25) is 10.0 Å². The highest BCUT2D eigenvalue weighted by Crippen LogP contribution is 2.21. The van der Waals surface area contributed by atoms with E-state index in [1.54, 1.807) is 24.3 Å². The van der Waals surface area contributed by atoms with E-state index in [0.29, 0.717) is 11.3 Å². The van der Waals surface area contributed by atoms with Crippen LogP contribution in [0, 0.1) is 6.92 Å². The number of aryl methyl sites for hydroxylation is 1. The van der Waals surface area contributed by atoms with Crippen molar-refractivity contribution in [3.8, 4) is 11.3 Å². The summed E-state index contributed by atoms with van der Waals surface area (Å²) >= 11 is 0. The lowest BCUT2D eigenvalue weighted by Crippen LogP contribution is -2.34. The molecule has 3 aromatic rings. The second-order valence-electron chi connectivity index (χ2n) is 5.91. The van der Waals surface area contributed by atoms with Crippen molar-refractivity contribution in [2.45, 2.75) is 11.8 Å². The Labute approximate surface area is 157 Å².